The van der Waals surface area contributed by atoms with Crippen molar-refractivity contribution in [3.8, 4) is 0 Å². The highest BCUT2D eigenvalue weighted by atomic mass is 32.1. The van der Waals surface area contributed by atoms with E-state index in [0.29, 0.717) is 10.8 Å². The number of nitrogens with one attached hydrogen (secondary N) is 1. The van der Waals surface area contributed by atoms with Gasteiger partial charge >= 0.3 is 0 Å². The molecule has 0 spiro atoms. The fourth-order valence-electron chi connectivity index (χ4n) is 2.92. The van der Waals surface area contributed by atoms with Crippen molar-refractivity contribution in [2.24, 2.45) is 7.05 Å². The van der Waals surface area contributed by atoms with Gasteiger partial charge in [-0.2, -0.15) is 5.10 Å². The average Bonchev–Trinajstić information content (AvgIpc) is 2.98. The Balaban J connectivity index is 1.93. The van der Waals surface area contributed by atoms with Gasteiger partial charge in [0, 0.05) is 18.3 Å². The maximum Gasteiger partial charge on any atom is 0.277 e. The van der Waals surface area contributed by atoms with E-state index in [9.17, 15) is 4.79 Å². The molecule has 1 aromatic heterocycles. The van der Waals surface area contributed by atoms with Crippen molar-refractivity contribution in [3.63, 3.8) is 0 Å². The van der Waals surface area contributed by atoms with E-state index in [1.807, 2.05) is 68.9 Å². The molecule has 24 heavy (non-hydrogen) atoms. The molecule has 1 amide bonds. The predicted octanol–water partition coefficient (Wildman–Crippen LogP) is 2.86. The summed E-state index contributed by atoms with van der Waals surface area (Å²) in [4.78, 5) is 14.5. The van der Waals surface area contributed by atoms with E-state index >= 15 is 0 Å². The Morgan fingerprint density at radius 2 is 1.92 bits per heavy atom. The molecule has 2 heterocycles. The molecule has 124 valence electrons. The third-order valence-electron chi connectivity index (χ3n) is 4.43. The van der Waals surface area contributed by atoms with Gasteiger partial charge in [0.1, 0.15) is 5.70 Å². The lowest BCUT2D eigenvalue weighted by Gasteiger charge is -2.23. The molecule has 0 unspecified atom stereocenters. The monoisotopic (exact) mass is 340 g/mol. The number of rotatable bonds is 3. The second-order valence-electron chi connectivity index (χ2n) is 5.96. The number of carbonyl (C=O) groups excluding carboxylic acids is 1. The minimum atomic E-state index is -0.124. The van der Waals surface area contributed by atoms with Crippen LogP contribution in [0.4, 0.5) is 0 Å². The van der Waals surface area contributed by atoms with Gasteiger partial charge < -0.3 is 5.32 Å². The first kappa shape index (κ1) is 16.4. The van der Waals surface area contributed by atoms with Crippen molar-refractivity contribution in [2.75, 3.05) is 0 Å². The smallest absolute Gasteiger partial charge is 0.277 e. The average molecular weight is 340 g/mol. The molecule has 0 radical (unpaired) electrons. The first-order valence-electron chi connectivity index (χ1n) is 7.81. The molecule has 6 heteroatoms. The SMILES string of the molecule is Cc1nn(C)c(C)c1/C=C1/NC(=S)N([C@@H](C)c2ccccc2)C1=O. The van der Waals surface area contributed by atoms with Crippen molar-refractivity contribution in [1.82, 2.24) is 20.0 Å². The Morgan fingerprint density at radius 3 is 2.50 bits per heavy atom. The molecule has 1 saturated heterocycles. The van der Waals surface area contributed by atoms with Crippen molar-refractivity contribution in [1.29, 1.82) is 0 Å². The molecule has 0 saturated carbocycles. The number of amides is 1. The summed E-state index contributed by atoms with van der Waals surface area (Å²) in [5, 5.41) is 7.87. The van der Waals surface area contributed by atoms with Crippen molar-refractivity contribution in [3.05, 3.63) is 58.5 Å². The van der Waals surface area contributed by atoms with Crippen LogP contribution in [0.1, 0.15) is 35.5 Å². The van der Waals surface area contributed by atoms with Gasteiger partial charge in [-0.15, -0.1) is 0 Å². The number of thiocarbonyl (C=S) groups is 1. The van der Waals surface area contributed by atoms with Gasteiger partial charge in [-0.25, -0.2) is 0 Å². The molecule has 5 nitrogen and oxygen atoms in total. The predicted molar refractivity (Wildman–Crippen MR) is 98.1 cm³/mol. The summed E-state index contributed by atoms with van der Waals surface area (Å²) in [6.45, 7) is 5.89. The van der Waals surface area contributed by atoms with Crippen LogP contribution in [0, 0.1) is 13.8 Å². The van der Waals surface area contributed by atoms with E-state index < -0.39 is 0 Å². The highest BCUT2D eigenvalue weighted by Gasteiger charge is 2.35. The summed E-state index contributed by atoms with van der Waals surface area (Å²) in [6.07, 6.45) is 1.84. The Kier molecular flexibility index (Phi) is 4.24. The zero-order valence-corrected chi connectivity index (χ0v) is 15.0. The quantitative estimate of drug-likeness (QED) is 0.689. The number of hydrogen-bond acceptors (Lipinski definition) is 3. The molecular formula is C18H20N4OS. The van der Waals surface area contributed by atoms with Gasteiger partial charge in [-0.3, -0.25) is 14.4 Å². The van der Waals surface area contributed by atoms with E-state index in [2.05, 4.69) is 10.4 Å². The van der Waals surface area contributed by atoms with E-state index in [0.717, 1.165) is 22.5 Å². The summed E-state index contributed by atoms with van der Waals surface area (Å²) in [5.41, 5.74) is 4.38. The van der Waals surface area contributed by atoms with E-state index in [-0.39, 0.29) is 11.9 Å². The second kappa shape index (κ2) is 6.20. The molecule has 0 bridgehead atoms. The fourth-order valence-corrected chi connectivity index (χ4v) is 3.28. The molecule has 1 aromatic carbocycles. The first-order chi connectivity index (χ1) is 11.4. The van der Waals surface area contributed by atoms with E-state index in [1.54, 1.807) is 4.90 Å². The summed E-state index contributed by atoms with van der Waals surface area (Å²) < 4.78 is 1.81. The summed E-state index contributed by atoms with van der Waals surface area (Å²) in [6, 6.07) is 9.75. The van der Waals surface area contributed by atoms with Crippen LogP contribution in [0.2, 0.25) is 0 Å². The number of aromatic nitrogens is 2. The number of carbonyl (C=O) groups is 1. The molecule has 0 aliphatic carbocycles. The molecule has 1 fully saturated rings. The minimum Gasteiger partial charge on any atom is -0.328 e. The van der Waals surface area contributed by atoms with E-state index in [4.69, 9.17) is 12.2 Å². The van der Waals surface area contributed by atoms with Gasteiger partial charge in [-0.05, 0) is 44.6 Å². The van der Waals surface area contributed by atoms with Crippen LogP contribution < -0.4 is 5.32 Å². The number of aryl methyl sites for hydroxylation is 2. The van der Waals surface area contributed by atoms with E-state index in [1.165, 1.54) is 0 Å². The third kappa shape index (κ3) is 2.73. The molecule has 1 N–H and O–H groups in total. The molecule has 2 aromatic rings. The largest absolute Gasteiger partial charge is 0.328 e. The van der Waals surface area contributed by atoms with Crippen LogP contribution >= 0.6 is 12.2 Å². The maximum atomic E-state index is 12.8. The molecule has 3 rings (SSSR count). The van der Waals surface area contributed by atoms with Gasteiger partial charge in [0.2, 0.25) is 0 Å². The van der Waals surface area contributed by atoms with Crippen molar-refractivity contribution >= 4 is 29.3 Å². The number of hydrogen-bond donors (Lipinski definition) is 1. The summed E-state index contributed by atoms with van der Waals surface area (Å²) in [5.74, 6) is -0.112. The first-order valence-corrected chi connectivity index (χ1v) is 8.22. The zero-order chi connectivity index (χ0) is 17.4. The van der Waals surface area contributed by atoms with Crippen LogP contribution in [0.3, 0.4) is 0 Å². The van der Waals surface area contributed by atoms with Gasteiger partial charge in [0.05, 0.1) is 11.7 Å². The van der Waals surface area contributed by atoms with Crippen molar-refractivity contribution in [2.45, 2.75) is 26.8 Å². The van der Waals surface area contributed by atoms with Crippen LogP contribution in [-0.2, 0) is 11.8 Å². The fraction of sp³-hybridized carbons (Fsp3) is 0.278. The molecule has 1 aliphatic heterocycles. The van der Waals surface area contributed by atoms with Gasteiger partial charge in [0.15, 0.2) is 5.11 Å². The van der Waals surface area contributed by atoms with Crippen LogP contribution in [0.5, 0.6) is 0 Å². The lowest BCUT2D eigenvalue weighted by Crippen LogP contribution is -2.33. The maximum absolute atomic E-state index is 12.8. The second-order valence-corrected chi connectivity index (χ2v) is 6.34. The van der Waals surface area contributed by atoms with Gasteiger partial charge in [0.25, 0.3) is 5.91 Å². The van der Waals surface area contributed by atoms with Crippen LogP contribution in [0.25, 0.3) is 6.08 Å². The van der Waals surface area contributed by atoms with Crippen LogP contribution in [-0.4, -0.2) is 25.7 Å². The van der Waals surface area contributed by atoms with Gasteiger partial charge in [-0.1, -0.05) is 30.3 Å². The number of nitrogens with zero attached hydrogens (tertiary/aromatic N) is 3. The molecule has 1 atom stereocenters. The normalized spacial score (nSPS) is 17.5. The summed E-state index contributed by atoms with van der Waals surface area (Å²) in [7, 11) is 1.89. The Bertz CT molecular complexity index is 838. The lowest BCUT2D eigenvalue weighted by molar-refractivity contribution is -0.123. The lowest BCUT2D eigenvalue weighted by atomic mass is 10.1. The minimum absolute atomic E-state index is 0.112. The Morgan fingerprint density at radius 1 is 1.25 bits per heavy atom. The highest BCUT2D eigenvalue weighted by Crippen LogP contribution is 2.27. The van der Waals surface area contributed by atoms with Crippen molar-refractivity contribution < 1.29 is 4.79 Å². The zero-order valence-electron chi connectivity index (χ0n) is 14.2. The van der Waals surface area contributed by atoms with Crippen LogP contribution in [0.15, 0.2) is 36.0 Å². The molecular weight excluding hydrogens is 320 g/mol. The highest BCUT2D eigenvalue weighted by molar-refractivity contribution is 7.80. The number of benzene rings is 1. The summed E-state index contributed by atoms with van der Waals surface area (Å²) >= 11 is 5.39. The third-order valence-corrected chi connectivity index (χ3v) is 4.73. The Hall–Kier alpha value is -2.47. The topological polar surface area (TPSA) is 50.2 Å². The Labute approximate surface area is 147 Å². The standard InChI is InChI=1S/C18H20N4OS/c1-11-15(13(3)21(4)20-11)10-16-17(23)22(18(24)19-16)12(2)14-8-6-5-7-9-14/h5-10,12H,1-4H3,(H,19,24)/b16-10+/t12-/m0/s1. The molecule has 1 aliphatic rings.